The van der Waals surface area contributed by atoms with E-state index in [9.17, 15) is 13.2 Å². The predicted molar refractivity (Wildman–Crippen MR) is 80.6 cm³/mol. The summed E-state index contributed by atoms with van der Waals surface area (Å²) in [5.41, 5.74) is -0.257. The molecule has 2 aromatic carbocycles. The average molecular weight is 360 g/mol. The Bertz CT molecular complexity index is 876. The molecule has 0 fully saturated rings. The zero-order valence-electron chi connectivity index (χ0n) is 10.7. The van der Waals surface area contributed by atoms with Crippen LogP contribution < -0.4 is 4.74 Å². The fraction of sp³-hybridized carbons (Fsp3) is 0. The van der Waals surface area contributed by atoms with Gasteiger partial charge in [-0.1, -0.05) is 23.2 Å². The molecule has 0 radical (unpaired) electrons. The van der Waals surface area contributed by atoms with E-state index in [0.29, 0.717) is 5.02 Å². The maximum Gasteiger partial charge on any atom is 0.296 e. The summed E-state index contributed by atoms with van der Waals surface area (Å²) in [6.45, 7) is 0. The lowest BCUT2D eigenvalue weighted by molar-refractivity contribution is 0.472. The first kappa shape index (κ1) is 16.5. The molecule has 0 aliphatic carbocycles. The smallest absolute Gasteiger partial charge is 0.296 e. The van der Waals surface area contributed by atoms with Crippen molar-refractivity contribution in [1.82, 2.24) is 0 Å². The van der Waals surface area contributed by atoms with E-state index >= 15 is 0 Å². The molecule has 0 amide bonds. The molecule has 1 N–H and O–H groups in total. The van der Waals surface area contributed by atoms with Crippen LogP contribution in [0.1, 0.15) is 0 Å². The van der Waals surface area contributed by atoms with Crippen LogP contribution in [-0.4, -0.2) is 19.1 Å². The zero-order valence-corrected chi connectivity index (χ0v) is 13.0. The number of isocyanates is 1. The van der Waals surface area contributed by atoms with Crippen LogP contribution in [0.3, 0.4) is 0 Å². The van der Waals surface area contributed by atoms with Gasteiger partial charge in [0.15, 0.2) is 0 Å². The highest BCUT2D eigenvalue weighted by Gasteiger charge is 2.17. The number of aliphatic imine (C=N–C) groups is 1. The third kappa shape index (κ3) is 3.85. The Hall–Kier alpha value is -1.89. The minimum absolute atomic E-state index is 0.0710. The molecule has 0 aromatic heterocycles. The van der Waals surface area contributed by atoms with Crippen molar-refractivity contribution in [2.45, 2.75) is 4.90 Å². The van der Waals surface area contributed by atoms with Gasteiger partial charge in [-0.05, 0) is 30.3 Å². The monoisotopic (exact) mass is 359 g/mol. The quantitative estimate of drug-likeness (QED) is 0.505. The lowest BCUT2D eigenvalue weighted by Crippen LogP contribution is -1.99. The number of benzene rings is 2. The van der Waals surface area contributed by atoms with Crippen molar-refractivity contribution in [2.75, 3.05) is 0 Å². The van der Waals surface area contributed by atoms with Crippen LogP contribution in [0.2, 0.25) is 10.0 Å². The normalized spacial score (nSPS) is 10.9. The van der Waals surface area contributed by atoms with Gasteiger partial charge in [-0.2, -0.15) is 13.4 Å². The summed E-state index contributed by atoms with van der Waals surface area (Å²) in [5.74, 6) is 0.306. The molecule has 0 bridgehead atoms. The molecule has 22 heavy (non-hydrogen) atoms. The van der Waals surface area contributed by atoms with Crippen LogP contribution in [0.5, 0.6) is 11.5 Å². The van der Waals surface area contributed by atoms with Gasteiger partial charge in [0.05, 0.1) is 10.7 Å². The summed E-state index contributed by atoms with van der Waals surface area (Å²) >= 11 is 11.7. The van der Waals surface area contributed by atoms with Crippen molar-refractivity contribution < 1.29 is 22.5 Å². The molecule has 0 aliphatic rings. The Morgan fingerprint density at radius 3 is 2.45 bits per heavy atom. The van der Waals surface area contributed by atoms with E-state index < -0.39 is 15.0 Å². The second-order valence-corrected chi connectivity index (χ2v) is 6.22. The lowest BCUT2D eigenvalue weighted by Gasteiger charge is -2.09. The second kappa shape index (κ2) is 6.48. The highest BCUT2D eigenvalue weighted by Crippen LogP contribution is 2.34. The molecule has 2 rings (SSSR count). The van der Waals surface area contributed by atoms with Crippen molar-refractivity contribution in [1.29, 1.82) is 0 Å². The summed E-state index contributed by atoms with van der Waals surface area (Å²) in [7, 11) is -4.59. The topological polar surface area (TPSA) is 93.0 Å². The predicted octanol–water partition coefficient (Wildman–Crippen LogP) is 4.00. The third-order valence-electron chi connectivity index (χ3n) is 2.50. The SMILES string of the molecule is O=C=Nc1ccc(Oc2ccc(Cl)cc2Cl)cc1S(=O)(=O)O. The summed E-state index contributed by atoms with van der Waals surface area (Å²) < 4.78 is 37.2. The van der Waals surface area contributed by atoms with Crippen molar-refractivity contribution in [3.63, 3.8) is 0 Å². The van der Waals surface area contributed by atoms with Crippen molar-refractivity contribution in [3.05, 3.63) is 46.4 Å². The summed E-state index contributed by atoms with van der Waals surface area (Å²) in [4.78, 5) is 12.9. The van der Waals surface area contributed by atoms with E-state index in [4.69, 9.17) is 32.5 Å². The molecule has 2 aromatic rings. The van der Waals surface area contributed by atoms with E-state index in [1.165, 1.54) is 36.4 Å². The van der Waals surface area contributed by atoms with E-state index in [0.717, 1.165) is 6.07 Å². The van der Waals surface area contributed by atoms with E-state index in [2.05, 4.69) is 4.99 Å². The molecule has 0 atom stereocenters. The lowest BCUT2D eigenvalue weighted by atomic mass is 10.3. The molecule has 6 nitrogen and oxygen atoms in total. The summed E-state index contributed by atoms with van der Waals surface area (Å²) in [6.07, 6.45) is 1.20. The first-order chi connectivity index (χ1) is 10.3. The first-order valence-electron chi connectivity index (χ1n) is 5.63. The number of nitrogens with zero attached hydrogens (tertiary/aromatic N) is 1. The van der Waals surface area contributed by atoms with E-state index in [-0.39, 0.29) is 22.2 Å². The molecule has 0 spiro atoms. The number of hydrogen-bond donors (Lipinski definition) is 1. The number of halogens is 2. The van der Waals surface area contributed by atoms with Gasteiger partial charge in [0, 0.05) is 11.1 Å². The maximum atomic E-state index is 11.3. The van der Waals surface area contributed by atoms with Crippen LogP contribution in [0.25, 0.3) is 0 Å². The molecule has 9 heteroatoms. The highest BCUT2D eigenvalue weighted by atomic mass is 35.5. The number of carbonyl (C=O) groups excluding carboxylic acids is 1. The largest absolute Gasteiger partial charge is 0.456 e. The van der Waals surface area contributed by atoms with Gasteiger partial charge < -0.3 is 4.74 Å². The highest BCUT2D eigenvalue weighted by molar-refractivity contribution is 7.86. The molecule has 0 saturated carbocycles. The Morgan fingerprint density at radius 1 is 1.14 bits per heavy atom. The van der Waals surface area contributed by atoms with Crippen LogP contribution in [0.4, 0.5) is 5.69 Å². The van der Waals surface area contributed by atoms with Crippen LogP contribution >= 0.6 is 23.2 Å². The second-order valence-electron chi connectivity index (χ2n) is 3.98. The minimum atomic E-state index is -4.59. The van der Waals surface area contributed by atoms with Crippen LogP contribution in [-0.2, 0) is 14.9 Å². The van der Waals surface area contributed by atoms with Gasteiger partial charge in [-0.25, -0.2) is 4.79 Å². The Kier molecular flexibility index (Phi) is 4.85. The molecule has 114 valence electrons. The minimum Gasteiger partial charge on any atom is -0.456 e. The fourth-order valence-electron chi connectivity index (χ4n) is 1.59. The van der Waals surface area contributed by atoms with E-state index in [1.54, 1.807) is 0 Å². The Morgan fingerprint density at radius 2 is 1.86 bits per heavy atom. The van der Waals surface area contributed by atoms with Gasteiger partial charge in [-0.3, -0.25) is 4.55 Å². The molecular weight excluding hydrogens is 353 g/mol. The van der Waals surface area contributed by atoms with E-state index in [1.807, 2.05) is 0 Å². The Balaban J connectivity index is 2.47. The number of hydrogen-bond acceptors (Lipinski definition) is 5. The summed E-state index contributed by atoms with van der Waals surface area (Å²) in [6, 6.07) is 8.04. The molecule has 0 saturated heterocycles. The maximum absolute atomic E-state index is 11.3. The molecule has 0 heterocycles. The molecule has 0 unspecified atom stereocenters. The van der Waals surface area contributed by atoms with Gasteiger partial charge in [-0.15, -0.1) is 0 Å². The van der Waals surface area contributed by atoms with Gasteiger partial charge >= 0.3 is 0 Å². The first-order valence-corrected chi connectivity index (χ1v) is 7.83. The third-order valence-corrected chi connectivity index (χ3v) is 3.91. The van der Waals surface area contributed by atoms with Gasteiger partial charge in [0.2, 0.25) is 6.08 Å². The molecule has 0 aliphatic heterocycles. The van der Waals surface area contributed by atoms with Crippen molar-refractivity contribution in [3.8, 4) is 11.5 Å². The number of rotatable bonds is 4. The van der Waals surface area contributed by atoms with Crippen molar-refractivity contribution >= 4 is 45.1 Å². The van der Waals surface area contributed by atoms with Crippen LogP contribution in [0.15, 0.2) is 46.3 Å². The average Bonchev–Trinajstić information content (AvgIpc) is 2.42. The zero-order chi connectivity index (χ0) is 16.3. The Labute approximate surface area is 135 Å². The summed E-state index contributed by atoms with van der Waals surface area (Å²) in [5, 5.41) is 0.627. The van der Waals surface area contributed by atoms with Gasteiger partial charge in [0.25, 0.3) is 10.1 Å². The fourth-order valence-corrected chi connectivity index (χ4v) is 2.68. The van der Waals surface area contributed by atoms with Crippen LogP contribution in [0, 0.1) is 0 Å². The standard InChI is InChI=1S/C13H7Cl2NO5S/c14-8-1-4-12(10(15)5-8)21-9-2-3-11(16-7-17)13(6-9)22(18,19)20/h1-6H,(H,18,19,20). The van der Waals surface area contributed by atoms with Crippen molar-refractivity contribution in [2.24, 2.45) is 4.99 Å². The molecular formula is C13H7Cl2NO5S. The van der Waals surface area contributed by atoms with Gasteiger partial charge in [0.1, 0.15) is 16.4 Å². The number of ether oxygens (including phenoxy) is 1.